The second kappa shape index (κ2) is 9.72. The molecule has 0 unspecified atom stereocenters. The standard InChI is InChI=1S/C25H17Cl2F3N4OS/c26-16-3-10-20(21(27)11-16)24-12-22-23(32-34(24)17-4-6-18(35)7-5-17)14-33(31-22)13-15-1-8-19(9-2-15)36-25(28,29)30/h1-12,35H,13-14H2. The maximum absolute atomic E-state index is 12.6. The summed E-state index contributed by atoms with van der Waals surface area (Å²) < 4.78 is 37.8. The molecule has 3 aromatic rings. The van der Waals surface area contributed by atoms with E-state index < -0.39 is 5.51 Å². The molecule has 0 aromatic heterocycles. The van der Waals surface area contributed by atoms with E-state index in [0.717, 1.165) is 11.3 Å². The van der Waals surface area contributed by atoms with Crippen LogP contribution in [0.15, 0.2) is 87.9 Å². The Bertz CT molecular complexity index is 1390. The van der Waals surface area contributed by atoms with Crippen molar-refractivity contribution in [1.82, 2.24) is 5.01 Å². The van der Waals surface area contributed by atoms with E-state index >= 15 is 0 Å². The first-order chi connectivity index (χ1) is 17.1. The molecule has 11 heteroatoms. The summed E-state index contributed by atoms with van der Waals surface area (Å²) in [4.78, 5) is 0.133. The summed E-state index contributed by atoms with van der Waals surface area (Å²) in [5.41, 5.74) is -0.0118. The lowest BCUT2D eigenvalue weighted by atomic mass is 10.1. The molecule has 0 fully saturated rings. The van der Waals surface area contributed by atoms with E-state index in [4.69, 9.17) is 28.3 Å². The van der Waals surface area contributed by atoms with E-state index in [1.165, 1.54) is 12.1 Å². The van der Waals surface area contributed by atoms with Gasteiger partial charge in [0.05, 0.1) is 29.5 Å². The Balaban J connectivity index is 1.44. The maximum atomic E-state index is 12.6. The molecular weight excluding hydrogens is 532 g/mol. The first-order valence-corrected chi connectivity index (χ1v) is 12.2. The lowest BCUT2D eigenvalue weighted by Gasteiger charge is -2.27. The summed E-state index contributed by atoms with van der Waals surface area (Å²) in [5, 5.41) is 23.7. The number of nitrogens with zero attached hydrogens (tertiary/aromatic N) is 4. The highest BCUT2D eigenvalue weighted by atomic mass is 35.5. The third-order valence-corrected chi connectivity index (χ3v) is 6.71. The quantitative estimate of drug-likeness (QED) is 0.337. The monoisotopic (exact) mass is 548 g/mol. The molecule has 3 aromatic carbocycles. The Morgan fingerprint density at radius 2 is 1.67 bits per heavy atom. The number of aromatic hydroxyl groups is 1. The zero-order valence-electron chi connectivity index (χ0n) is 18.4. The average molecular weight is 549 g/mol. The second-order valence-electron chi connectivity index (χ2n) is 8.03. The van der Waals surface area contributed by atoms with E-state index in [0.29, 0.717) is 45.8 Å². The van der Waals surface area contributed by atoms with Crippen LogP contribution in [0.25, 0.3) is 5.70 Å². The summed E-state index contributed by atoms with van der Waals surface area (Å²) in [6, 6.07) is 18.0. The summed E-state index contributed by atoms with van der Waals surface area (Å²) in [6.45, 7) is 0.824. The number of halogens is 5. The number of phenols is 1. The number of anilines is 1. The van der Waals surface area contributed by atoms with Crippen molar-refractivity contribution in [3.8, 4) is 5.75 Å². The van der Waals surface area contributed by atoms with E-state index in [-0.39, 0.29) is 22.4 Å². The van der Waals surface area contributed by atoms with Gasteiger partial charge in [0.1, 0.15) is 17.2 Å². The third kappa shape index (κ3) is 5.48. The number of fused-ring (bicyclic) bond motifs is 1. The van der Waals surface area contributed by atoms with Crippen LogP contribution in [0.4, 0.5) is 18.9 Å². The molecule has 36 heavy (non-hydrogen) atoms. The van der Waals surface area contributed by atoms with Crippen LogP contribution in [0.5, 0.6) is 5.75 Å². The number of rotatable bonds is 5. The molecule has 0 amide bonds. The fourth-order valence-corrected chi connectivity index (χ4v) is 4.88. The van der Waals surface area contributed by atoms with Crippen LogP contribution in [0.2, 0.25) is 10.0 Å². The second-order valence-corrected chi connectivity index (χ2v) is 10.0. The van der Waals surface area contributed by atoms with Gasteiger partial charge in [-0.25, -0.2) is 5.01 Å². The number of thioether (sulfide) groups is 1. The number of hydrogen-bond acceptors (Lipinski definition) is 6. The first kappa shape index (κ1) is 24.5. The van der Waals surface area contributed by atoms with Gasteiger partial charge in [0.15, 0.2) is 0 Å². The molecule has 0 aliphatic carbocycles. The van der Waals surface area contributed by atoms with Gasteiger partial charge in [-0.1, -0.05) is 35.3 Å². The summed E-state index contributed by atoms with van der Waals surface area (Å²) in [7, 11) is 0. The molecule has 0 saturated heterocycles. The van der Waals surface area contributed by atoms with Crippen LogP contribution in [-0.4, -0.2) is 33.6 Å². The minimum atomic E-state index is -4.32. The molecule has 0 radical (unpaired) electrons. The number of phenolic OH excluding ortho intramolecular Hbond substituents is 1. The summed E-state index contributed by atoms with van der Waals surface area (Å²) in [6.07, 6.45) is 1.88. The Morgan fingerprint density at radius 1 is 0.944 bits per heavy atom. The number of hydrogen-bond donors (Lipinski definition) is 1. The van der Waals surface area contributed by atoms with Crippen LogP contribution < -0.4 is 5.01 Å². The van der Waals surface area contributed by atoms with Crippen molar-refractivity contribution in [2.24, 2.45) is 10.2 Å². The van der Waals surface area contributed by atoms with Crippen molar-refractivity contribution < 1.29 is 18.3 Å². The smallest absolute Gasteiger partial charge is 0.446 e. The lowest BCUT2D eigenvalue weighted by molar-refractivity contribution is -0.0328. The van der Waals surface area contributed by atoms with Gasteiger partial charge in [-0.3, -0.25) is 5.01 Å². The molecule has 0 atom stereocenters. The largest absolute Gasteiger partial charge is 0.508 e. The Hall–Kier alpha value is -3.14. The van der Waals surface area contributed by atoms with Crippen LogP contribution in [-0.2, 0) is 6.54 Å². The first-order valence-electron chi connectivity index (χ1n) is 10.7. The molecule has 2 heterocycles. The molecule has 2 aliphatic rings. The Kier molecular flexibility index (Phi) is 6.63. The van der Waals surface area contributed by atoms with Crippen LogP contribution in [0, 0.1) is 0 Å². The molecular formula is C25H17Cl2F3N4OS. The highest BCUT2D eigenvalue weighted by molar-refractivity contribution is 8.00. The number of allylic oxidation sites excluding steroid dienone is 1. The zero-order valence-corrected chi connectivity index (χ0v) is 20.7. The van der Waals surface area contributed by atoms with Gasteiger partial charge in [-0.2, -0.15) is 23.4 Å². The van der Waals surface area contributed by atoms with Gasteiger partial charge >= 0.3 is 5.51 Å². The molecule has 5 nitrogen and oxygen atoms in total. The van der Waals surface area contributed by atoms with Crippen LogP contribution in [0.1, 0.15) is 11.1 Å². The van der Waals surface area contributed by atoms with Crippen molar-refractivity contribution >= 4 is 57.8 Å². The molecule has 5 rings (SSSR count). The van der Waals surface area contributed by atoms with Crippen molar-refractivity contribution in [3.63, 3.8) is 0 Å². The summed E-state index contributed by atoms with van der Waals surface area (Å²) in [5.74, 6) is 0.132. The topological polar surface area (TPSA) is 51.4 Å². The highest BCUT2D eigenvalue weighted by Gasteiger charge is 2.30. The van der Waals surface area contributed by atoms with E-state index in [2.05, 4.69) is 5.10 Å². The van der Waals surface area contributed by atoms with Gasteiger partial charge in [-0.15, -0.1) is 0 Å². The molecule has 2 aliphatic heterocycles. The van der Waals surface area contributed by atoms with E-state index in [9.17, 15) is 18.3 Å². The normalized spacial score (nSPS) is 15.4. The van der Waals surface area contributed by atoms with Crippen molar-refractivity contribution in [2.75, 3.05) is 11.6 Å². The third-order valence-electron chi connectivity index (χ3n) is 5.42. The Labute approximate surface area is 219 Å². The van der Waals surface area contributed by atoms with Gasteiger partial charge in [0.25, 0.3) is 0 Å². The van der Waals surface area contributed by atoms with Crippen LogP contribution >= 0.6 is 35.0 Å². The fourth-order valence-electron chi connectivity index (χ4n) is 3.84. The number of hydrazone groups is 2. The molecule has 0 spiro atoms. The fraction of sp³-hybridized carbons (Fsp3) is 0.120. The predicted octanol–water partition coefficient (Wildman–Crippen LogP) is 7.40. The Morgan fingerprint density at radius 3 is 2.33 bits per heavy atom. The minimum absolute atomic E-state index is 0.132. The number of alkyl halides is 3. The van der Waals surface area contributed by atoms with Gasteiger partial charge < -0.3 is 5.11 Å². The number of benzene rings is 3. The zero-order chi connectivity index (χ0) is 25.4. The van der Waals surface area contributed by atoms with E-state index in [1.54, 1.807) is 64.6 Å². The van der Waals surface area contributed by atoms with Crippen molar-refractivity contribution in [2.45, 2.75) is 16.9 Å². The van der Waals surface area contributed by atoms with Crippen molar-refractivity contribution in [3.05, 3.63) is 94.0 Å². The predicted molar refractivity (Wildman–Crippen MR) is 139 cm³/mol. The van der Waals surface area contributed by atoms with Crippen molar-refractivity contribution in [1.29, 1.82) is 0 Å². The van der Waals surface area contributed by atoms with Gasteiger partial charge in [0, 0.05) is 15.5 Å². The molecule has 1 N–H and O–H groups in total. The lowest BCUT2D eigenvalue weighted by Crippen LogP contribution is -2.28. The average Bonchev–Trinajstić information content (AvgIpc) is 3.20. The molecule has 0 bridgehead atoms. The molecule has 184 valence electrons. The SMILES string of the molecule is Oc1ccc(N2N=C3CN(Cc4ccc(SC(F)(F)F)cc4)N=C3C=C2c2ccc(Cl)cc2Cl)cc1. The van der Waals surface area contributed by atoms with Crippen LogP contribution in [0.3, 0.4) is 0 Å². The molecule has 0 saturated carbocycles. The van der Waals surface area contributed by atoms with Gasteiger partial charge in [-0.05, 0) is 78.0 Å². The van der Waals surface area contributed by atoms with Gasteiger partial charge in [0.2, 0.25) is 0 Å². The van der Waals surface area contributed by atoms with E-state index in [1.807, 2.05) is 6.08 Å². The highest BCUT2D eigenvalue weighted by Crippen LogP contribution is 2.38. The minimum Gasteiger partial charge on any atom is -0.508 e. The maximum Gasteiger partial charge on any atom is 0.446 e. The summed E-state index contributed by atoms with van der Waals surface area (Å²) >= 11 is 12.5.